The first kappa shape index (κ1) is 18.6. The van der Waals surface area contributed by atoms with Gasteiger partial charge in [-0.1, -0.05) is 17.4 Å². The number of ether oxygens (including phenoxy) is 1. The first-order valence-corrected chi connectivity index (χ1v) is 10.3. The Morgan fingerprint density at radius 1 is 1.13 bits per heavy atom. The second-order valence-electron chi connectivity index (χ2n) is 7.37. The number of aromatic nitrogens is 4. The fourth-order valence-electron chi connectivity index (χ4n) is 3.54. The van der Waals surface area contributed by atoms with Crippen LogP contribution in [0.4, 0.5) is 0 Å². The van der Waals surface area contributed by atoms with Gasteiger partial charge in [0.25, 0.3) is 5.91 Å². The highest BCUT2D eigenvalue weighted by atomic mass is 32.1. The van der Waals surface area contributed by atoms with Crippen molar-refractivity contribution >= 4 is 27.5 Å². The minimum atomic E-state index is -0.0653. The summed E-state index contributed by atoms with van der Waals surface area (Å²) in [5.41, 5.74) is 3.39. The zero-order chi connectivity index (χ0) is 20.8. The van der Waals surface area contributed by atoms with Crippen molar-refractivity contribution in [1.29, 1.82) is 0 Å². The molecule has 8 nitrogen and oxygen atoms in total. The van der Waals surface area contributed by atoms with Crippen molar-refractivity contribution in [2.24, 2.45) is 14.1 Å². The third-order valence-electron chi connectivity index (χ3n) is 5.23. The molecule has 0 saturated carbocycles. The van der Waals surface area contributed by atoms with Crippen LogP contribution in [0.2, 0.25) is 0 Å². The lowest BCUT2D eigenvalue weighted by atomic mass is 10.1. The number of pyridine rings is 1. The molecule has 30 heavy (non-hydrogen) atoms. The Kier molecular flexibility index (Phi) is 4.39. The number of thiazole rings is 1. The fraction of sp³-hybridized carbons (Fsp3) is 0.238. The van der Waals surface area contributed by atoms with Crippen LogP contribution in [-0.2, 0) is 14.1 Å². The van der Waals surface area contributed by atoms with Crippen LogP contribution in [0.5, 0.6) is 5.75 Å². The number of rotatable bonds is 4. The number of aryl methyl sites for hydroxylation is 2. The normalized spacial score (nSPS) is 14.1. The Morgan fingerprint density at radius 2 is 1.97 bits per heavy atom. The average Bonchev–Trinajstić information content (AvgIpc) is 3.27. The number of nitrogens with zero attached hydrogens (tertiary/aromatic N) is 5. The van der Waals surface area contributed by atoms with Gasteiger partial charge in [0, 0.05) is 32.1 Å². The van der Waals surface area contributed by atoms with Crippen molar-refractivity contribution in [3.8, 4) is 16.9 Å². The molecule has 0 bridgehead atoms. The van der Waals surface area contributed by atoms with Crippen molar-refractivity contribution in [3.63, 3.8) is 0 Å². The number of amides is 1. The van der Waals surface area contributed by atoms with Crippen molar-refractivity contribution in [2.75, 3.05) is 13.1 Å². The van der Waals surface area contributed by atoms with Crippen molar-refractivity contribution in [2.45, 2.75) is 6.10 Å². The number of benzene rings is 1. The first-order valence-electron chi connectivity index (χ1n) is 9.47. The summed E-state index contributed by atoms with van der Waals surface area (Å²) in [6.07, 6.45) is 6.67. The minimum absolute atomic E-state index is 0.0210. The highest BCUT2D eigenvalue weighted by molar-refractivity contribution is 7.16. The van der Waals surface area contributed by atoms with E-state index in [4.69, 9.17) is 4.74 Å². The highest BCUT2D eigenvalue weighted by Gasteiger charge is 2.33. The number of carbonyl (C=O) groups is 1. The Bertz CT molecular complexity index is 1320. The first-order chi connectivity index (χ1) is 14.5. The topological polar surface area (TPSA) is 82.3 Å². The van der Waals surface area contributed by atoms with E-state index in [2.05, 4.69) is 10.1 Å². The van der Waals surface area contributed by atoms with Gasteiger partial charge in [0.05, 0.1) is 41.3 Å². The van der Waals surface area contributed by atoms with Crippen molar-refractivity contribution < 1.29 is 9.53 Å². The standard InChI is InChI=1S/C21H19N5O3S/c1-24-10-15(8-23-24)20(27)26-11-17(12-26)29-16-5-14(7-22-9-16)13-3-4-18-19(6-13)30-21(28)25(18)2/h3-10,17H,11-12H2,1-2H3. The third kappa shape index (κ3) is 3.26. The maximum atomic E-state index is 12.4. The van der Waals surface area contributed by atoms with Crippen LogP contribution in [0, 0.1) is 0 Å². The molecule has 0 unspecified atom stereocenters. The summed E-state index contributed by atoms with van der Waals surface area (Å²) in [4.78, 5) is 30.3. The van der Waals surface area contributed by atoms with Crippen LogP contribution in [0.3, 0.4) is 0 Å². The molecule has 9 heteroatoms. The molecule has 1 saturated heterocycles. The molecule has 5 rings (SSSR count). The van der Waals surface area contributed by atoms with Crippen LogP contribution in [-0.4, -0.2) is 49.3 Å². The lowest BCUT2D eigenvalue weighted by Gasteiger charge is -2.38. The van der Waals surface area contributed by atoms with Gasteiger partial charge in [-0.15, -0.1) is 0 Å². The number of hydrogen-bond acceptors (Lipinski definition) is 6. The predicted octanol–water partition coefficient (Wildman–Crippen LogP) is 2.30. The molecule has 1 aliphatic rings. The molecule has 4 heterocycles. The number of hydrogen-bond donors (Lipinski definition) is 0. The number of fused-ring (bicyclic) bond motifs is 1. The summed E-state index contributed by atoms with van der Waals surface area (Å²) < 4.78 is 10.2. The molecule has 3 aromatic heterocycles. The summed E-state index contributed by atoms with van der Waals surface area (Å²) in [6.45, 7) is 1.06. The molecular formula is C21H19N5O3S. The van der Waals surface area contributed by atoms with Crippen molar-refractivity contribution in [3.05, 3.63) is 64.3 Å². The maximum absolute atomic E-state index is 12.4. The van der Waals surface area contributed by atoms with Gasteiger partial charge in [-0.2, -0.15) is 5.10 Å². The molecule has 0 N–H and O–H groups in total. The summed E-state index contributed by atoms with van der Waals surface area (Å²) >= 11 is 1.23. The van der Waals surface area contributed by atoms with Gasteiger partial charge in [-0.25, -0.2) is 0 Å². The summed E-state index contributed by atoms with van der Waals surface area (Å²) in [6, 6.07) is 7.86. The summed E-state index contributed by atoms with van der Waals surface area (Å²) in [5.74, 6) is 0.623. The minimum Gasteiger partial charge on any atom is -0.485 e. The lowest BCUT2D eigenvalue weighted by molar-refractivity contribution is 0.0177. The molecule has 152 valence electrons. The van der Waals surface area contributed by atoms with Crippen LogP contribution >= 0.6 is 11.3 Å². The van der Waals surface area contributed by atoms with E-state index < -0.39 is 0 Å². The molecule has 0 radical (unpaired) electrons. The Balaban J connectivity index is 1.28. The Hall–Kier alpha value is -3.46. The molecule has 1 amide bonds. The van der Waals surface area contributed by atoms with E-state index >= 15 is 0 Å². The summed E-state index contributed by atoms with van der Waals surface area (Å²) in [7, 11) is 3.56. The summed E-state index contributed by atoms with van der Waals surface area (Å²) in [5, 5.41) is 4.04. The van der Waals surface area contributed by atoms with E-state index in [-0.39, 0.29) is 16.9 Å². The molecule has 1 aliphatic heterocycles. The van der Waals surface area contributed by atoms with Gasteiger partial charge < -0.3 is 14.2 Å². The van der Waals surface area contributed by atoms with E-state index in [0.29, 0.717) is 24.4 Å². The van der Waals surface area contributed by atoms with E-state index in [1.54, 1.807) is 53.0 Å². The second kappa shape index (κ2) is 7.10. The van der Waals surface area contributed by atoms with E-state index in [0.717, 1.165) is 21.3 Å². The molecular weight excluding hydrogens is 402 g/mol. The number of likely N-dealkylation sites (tertiary alicyclic amines) is 1. The van der Waals surface area contributed by atoms with Gasteiger partial charge >= 0.3 is 4.87 Å². The molecule has 1 aromatic carbocycles. The van der Waals surface area contributed by atoms with Crippen molar-refractivity contribution in [1.82, 2.24) is 24.2 Å². The molecule has 0 atom stereocenters. The molecule has 0 spiro atoms. The fourth-order valence-corrected chi connectivity index (χ4v) is 4.46. The molecule has 0 aliphatic carbocycles. The lowest BCUT2D eigenvalue weighted by Crippen LogP contribution is -2.56. The van der Waals surface area contributed by atoms with E-state index in [9.17, 15) is 9.59 Å². The van der Waals surface area contributed by atoms with Gasteiger partial charge in [-0.3, -0.25) is 19.3 Å². The SMILES string of the molecule is Cn1cc(C(=O)N2CC(Oc3cncc(-c4ccc5c(c4)sc(=O)n5C)c3)C2)cn1. The van der Waals surface area contributed by atoms with E-state index in [1.807, 2.05) is 24.3 Å². The monoisotopic (exact) mass is 421 g/mol. The van der Waals surface area contributed by atoms with Crippen LogP contribution in [0.1, 0.15) is 10.4 Å². The number of carbonyl (C=O) groups excluding carboxylic acids is 1. The van der Waals surface area contributed by atoms with Gasteiger partial charge in [0.15, 0.2) is 0 Å². The zero-order valence-corrected chi connectivity index (χ0v) is 17.3. The third-order valence-corrected chi connectivity index (χ3v) is 6.22. The molecule has 1 fully saturated rings. The Morgan fingerprint density at radius 3 is 2.73 bits per heavy atom. The van der Waals surface area contributed by atoms with E-state index in [1.165, 1.54) is 11.3 Å². The van der Waals surface area contributed by atoms with Crippen LogP contribution in [0.15, 0.2) is 53.8 Å². The maximum Gasteiger partial charge on any atom is 0.307 e. The van der Waals surface area contributed by atoms with Gasteiger partial charge in [0.1, 0.15) is 11.9 Å². The van der Waals surface area contributed by atoms with Crippen LogP contribution < -0.4 is 9.61 Å². The largest absolute Gasteiger partial charge is 0.485 e. The smallest absolute Gasteiger partial charge is 0.307 e. The second-order valence-corrected chi connectivity index (χ2v) is 8.36. The Labute approximate surface area is 176 Å². The molecule has 4 aromatic rings. The quantitative estimate of drug-likeness (QED) is 0.505. The zero-order valence-electron chi connectivity index (χ0n) is 16.5. The average molecular weight is 421 g/mol. The van der Waals surface area contributed by atoms with Gasteiger partial charge in [-0.05, 0) is 23.8 Å². The highest BCUT2D eigenvalue weighted by Crippen LogP contribution is 2.28. The predicted molar refractivity (Wildman–Crippen MR) is 114 cm³/mol. The van der Waals surface area contributed by atoms with Crippen LogP contribution in [0.25, 0.3) is 21.3 Å². The van der Waals surface area contributed by atoms with Gasteiger partial charge in [0.2, 0.25) is 0 Å².